The summed E-state index contributed by atoms with van der Waals surface area (Å²) in [6.45, 7) is 1.89. The first-order valence-corrected chi connectivity index (χ1v) is 14.8. The summed E-state index contributed by atoms with van der Waals surface area (Å²) >= 11 is 0. The van der Waals surface area contributed by atoms with Crippen LogP contribution in [0.2, 0.25) is 0 Å². The summed E-state index contributed by atoms with van der Waals surface area (Å²) in [6, 6.07) is 5.97. The Balaban J connectivity index is 1.27. The van der Waals surface area contributed by atoms with E-state index in [-0.39, 0.29) is 55.8 Å². The lowest BCUT2D eigenvalue weighted by molar-refractivity contribution is -0.136. The highest BCUT2D eigenvalue weighted by molar-refractivity contribution is 7.89. The van der Waals surface area contributed by atoms with E-state index in [1.807, 2.05) is 0 Å². The van der Waals surface area contributed by atoms with Crippen LogP contribution >= 0.6 is 0 Å². The number of piperazine rings is 1. The van der Waals surface area contributed by atoms with Gasteiger partial charge in [-0.05, 0) is 24.3 Å². The smallest absolute Gasteiger partial charge is 0.310 e. The van der Waals surface area contributed by atoms with E-state index in [9.17, 15) is 23.1 Å². The van der Waals surface area contributed by atoms with Crippen LogP contribution in [0.15, 0.2) is 33.7 Å². The quantitative estimate of drug-likeness (QED) is 0.348. The number of ether oxygens (including phenoxy) is 1. The molecule has 1 aromatic carbocycles. The van der Waals surface area contributed by atoms with E-state index < -0.39 is 28.2 Å². The molecule has 2 atom stereocenters. The number of amides is 2. The van der Waals surface area contributed by atoms with E-state index in [2.05, 4.69) is 21.2 Å². The number of aliphatic hydroxyl groups excluding tert-OH is 1. The SMILES string of the molecule is C#Cc1ccc2[nH]c(S(=O)(=O)N3CCN(C(=O)c4nc5c(o4)CNC(O)C5)C(CC(=O)N4CCOCC4)C3)cc2c1. The summed E-state index contributed by atoms with van der Waals surface area (Å²) < 4.78 is 39.8. The lowest BCUT2D eigenvalue weighted by atomic mass is 10.1. The van der Waals surface area contributed by atoms with Gasteiger partial charge in [0.2, 0.25) is 5.91 Å². The lowest BCUT2D eigenvalue weighted by Gasteiger charge is -2.40. The van der Waals surface area contributed by atoms with Gasteiger partial charge >= 0.3 is 5.91 Å². The number of benzene rings is 1. The number of terminal acetylenes is 1. The highest BCUT2D eigenvalue weighted by atomic mass is 32.2. The third-order valence-corrected chi connectivity index (χ3v) is 9.49. The van der Waals surface area contributed by atoms with Crippen LogP contribution in [-0.2, 0) is 32.5 Å². The number of sulfonamides is 1. The molecule has 6 rings (SSSR count). The number of oxazole rings is 1. The van der Waals surface area contributed by atoms with E-state index in [4.69, 9.17) is 15.6 Å². The lowest BCUT2D eigenvalue weighted by Crippen LogP contribution is -2.58. The monoisotopic (exact) mass is 582 g/mol. The van der Waals surface area contributed by atoms with Crippen molar-refractivity contribution >= 4 is 32.7 Å². The van der Waals surface area contributed by atoms with Crippen molar-refractivity contribution in [1.29, 1.82) is 0 Å². The molecule has 5 heterocycles. The number of carbonyl (C=O) groups excluding carboxylic acids is 2. The van der Waals surface area contributed by atoms with Crippen molar-refractivity contribution in [3.05, 3.63) is 47.2 Å². The van der Waals surface area contributed by atoms with Gasteiger partial charge in [-0.25, -0.2) is 13.4 Å². The van der Waals surface area contributed by atoms with Gasteiger partial charge in [0.05, 0.1) is 31.5 Å². The minimum Gasteiger partial charge on any atom is -0.436 e. The van der Waals surface area contributed by atoms with Gasteiger partial charge in [-0.1, -0.05) is 5.92 Å². The van der Waals surface area contributed by atoms with Gasteiger partial charge in [0, 0.05) is 62.0 Å². The highest BCUT2D eigenvalue weighted by Crippen LogP contribution is 2.27. The van der Waals surface area contributed by atoms with Gasteiger partial charge in [0.15, 0.2) is 0 Å². The summed E-state index contributed by atoms with van der Waals surface area (Å²) in [5, 5.41) is 13.4. The number of aromatic amines is 1. The molecule has 0 bridgehead atoms. The van der Waals surface area contributed by atoms with Crippen LogP contribution in [0.1, 0.15) is 34.1 Å². The Morgan fingerprint density at radius 2 is 1.98 bits per heavy atom. The van der Waals surface area contributed by atoms with Gasteiger partial charge in [0.1, 0.15) is 17.0 Å². The van der Waals surface area contributed by atoms with Crippen molar-refractivity contribution in [2.75, 3.05) is 45.9 Å². The van der Waals surface area contributed by atoms with Gasteiger partial charge in [-0.15, -0.1) is 6.42 Å². The molecule has 2 fully saturated rings. The number of nitrogens with one attached hydrogen (secondary N) is 2. The molecule has 0 radical (unpaired) electrons. The molecule has 13 nitrogen and oxygen atoms in total. The van der Waals surface area contributed by atoms with Crippen LogP contribution in [0.5, 0.6) is 0 Å². The topological polar surface area (TPSA) is 161 Å². The number of nitrogens with zero attached hydrogens (tertiary/aromatic N) is 4. The second-order valence-corrected chi connectivity index (χ2v) is 12.2. The molecule has 14 heteroatoms. The standard InChI is InChI=1S/C27H30N6O7S/c1-2-17-3-4-20-18(11-17)12-24(29-20)41(37,38)32-5-6-33(19(16-32)13-25(35)31-7-9-39-10-8-31)27(36)26-30-21-14-23(34)28-15-22(21)40-26/h1,3-4,11-12,19,23,28-29,34H,5-10,13-16H2. The molecule has 0 saturated carbocycles. The Kier molecular flexibility index (Phi) is 7.30. The number of morpholine rings is 1. The zero-order valence-corrected chi connectivity index (χ0v) is 23.0. The van der Waals surface area contributed by atoms with Gasteiger partial charge in [0.25, 0.3) is 15.9 Å². The summed E-state index contributed by atoms with van der Waals surface area (Å²) in [5.41, 5.74) is 1.75. The molecule has 216 valence electrons. The van der Waals surface area contributed by atoms with E-state index in [1.165, 1.54) is 15.3 Å². The fraction of sp³-hybridized carbons (Fsp3) is 0.444. The van der Waals surface area contributed by atoms with Crippen molar-refractivity contribution in [2.24, 2.45) is 0 Å². The summed E-state index contributed by atoms with van der Waals surface area (Å²) in [7, 11) is -3.99. The fourth-order valence-corrected chi connectivity index (χ4v) is 6.95. The predicted octanol–water partition coefficient (Wildman–Crippen LogP) is -0.134. The normalized spacial score (nSPS) is 22.0. The molecule has 2 amide bonds. The maximum atomic E-state index is 13.7. The molecule has 2 unspecified atom stereocenters. The minimum absolute atomic E-state index is 0.00568. The molecule has 3 N–H and O–H groups in total. The van der Waals surface area contributed by atoms with Crippen molar-refractivity contribution < 1.29 is 32.3 Å². The first kappa shape index (κ1) is 27.4. The van der Waals surface area contributed by atoms with Crippen molar-refractivity contribution in [2.45, 2.75) is 36.7 Å². The maximum Gasteiger partial charge on any atom is 0.310 e. The molecular formula is C27H30N6O7S. The molecule has 2 saturated heterocycles. The third kappa shape index (κ3) is 5.34. The van der Waals surface area contributed by atoms with E-state index in [0.29, 0.717) is 54.2 Å². The maximum absolute atomic E-state index is 13.7. The molecular weight excluding hydrogens is 552 g/mol. The molecule has 0 aliphatic carbocycles. The molecule has 3 aliphatic rings. The van der Waals surface area contributed by atoms with Gasteiger partial charge in [-0.3, -0.25) is 14.9 Å². The Morgan fingerprint density at radius 3 is 2.76 bits per heavy atom. The molecule has 2 aromatic heterocycles. The first-order chi connectivity index (χ1) is 19.7. The fourth-order valence-electron chi connectivity index (χ4n) is 5.47. The average Bonchev–Trinajstić information content (AvgIpc) is 3.61. The van der Waals surface area contributed by atoms with Crippen LogP contribution in [0, 0.1) is 12.3 Å². The largest absolute Gasteiger partial charge is 0.436 e. The zero-order chi connectivity index (χ0) is 28.7. The van der Waals surface area contributed by atoms with Crippen LogP contribution in [-0.4, -0.2) is 108 Å². The molecule has 41 heavy (non-hydrogen) atoms. The Labute approximate surface area is 236 Å². The van der Waals surface area contributed by atoms with E-state index in [1.54, 1.807) is 23.1 Å². The van der Waals surface area contributed by atoms with E-state index in [0.717, 1.165) is 0 Å². The summed E-state index contributed by atoms with van der Waals surface area (Å²) in [5.74, 6) is 2.14. The number of aliphatic hydroxyl groups is 1. The number of rotatable bonds is 5. The Morgan fingerprint density at radius 1 is 1.17 bits per heavy atom. The van der Waals surface area contributed by atoms with Crippen LogP contribution in [0.4, 0.5) is 0 Å². The summed E-state index contributed by atoms with van der Waals surface area (Å²) in [6.07, 6.45) is 4.83. The third-order valence-electron chi connectivity index (χ3n) is 7.71. The number of fused-ring (bicyclic) bond motifs is 2. The number of H-pyrrole nitrogens is 1. The van der Waals surface area contributed by atoms with Crippen molar-refractivity contribution in [3.8, 4) is 12.3 Å². The number of aromatic nitrogens is 2. The molecule has 0 spiro atoms. The molecule has 3 aromatic rings. The van der Waals surface area contributed by atoms with Gasteiger partial charge in [-0.2, -0.15) is 4.31 Å². The second-order valence-electron chi connectivity index (χ2n) is 10.3. The predicted molar refractivity (Wildman–Crippen MR) is 145 cm³/mol. The average molecular weight is 583 g/mol. The first-order valence-electron chi connectivity index (χ1n) is 13.4. The Hall–Kier alpha value is -3.74. The van der Waals surface area contributed by atoms with Crippen LogP contribution < -0.4 is 5.32 Å². The Bertz CT molecular complexity index is 1630. The minimum atomic E-state index is -3.99. The summed E-state index contributed by atoms with van der Waals surface area (Å²) in [4.78, 5) is 37.3. The van der Waals surface area contributed by atoms with Gasteiger partial charge < -0.3 is 29.0 Å². The second kappa shape index (κ2) is 10.9. The number of hydrogen-bond donors (Lipinski definition) is 3. The van der Waals surface area contributed by atoms with E-state index >= 15 is 0 Å². The number of carbonyl (C=O) groups is 2. The zero-order valence-electron chi connectivity index (χ0n) is 22.2. The van der Waals surface area contributed by atoms with Crippen molar-refractivity contribution in [1.82, 2.24) is 29.4 Å². The molecule has 3 aliphatic heterocycles. The van der Waals surface area contributed by atoms with Crippen LogP contribution in [0.3, 0.4) is 0 Å². The van der Waals surface area contributed by atoms with Crippen molar-refractivity contribution in [3.63, 3.8) is 0 Å². The van der Waals surface area contributed by atoms with Crippen LogP contribution in [0.25, 0.3) is 10.9 Å². The highest BCUT2D eigenvalue weighted by Gasteiger charge is 2.40. The number of hydrogen-bond acceptors (Lipinski definition) is 9.